The van der Waals surface area contributed by atoms with Gasteiger partial charge in [-0.05, 0) is 48.1 Å². The van der Waals surface area contributed by atoms with Crippen molar-refractivity contribution in [2.24, 2.45) is 17.3 Å². The quantitative estimate of drug-likeness (QED) is 0.500. The normalized spacial score (nSPS) is 14.7. The minimum atomic E-state index is -0.656. The first kappa shape index (κ1) is 21.2. The highest BCUT2D eigenvalue weighted by Crippen LogP contribution is 2.46. The van der Waals surface area contributed by atoms with Crippen molar-refractivity contribution in [3.8, 4) is 0 Å². The number of carboxylic acid groups (broad SMARTS) is 1. The van der Waals surface area contributed by atoms with Gasteiger partial charge in [-0.25, -0.2) is 0 Å². The molecule has 0 aromatic heterocycles. The van der Waals surface area contributed by atoms with Crippen molar-refractivity contribution in [3.05, 3.63) is 71.8 Å². The molecule has 0 amide bonds. The van der Waals surface area contributed by atoms with Gasteiger partial charge in [0.2, 0.25) is 0 Å². The van der Waals surface area contributed by atoms with E-state index < -0.39 is 5.97 Å². The molecule has 27 heavy (non-hydrogen) atoms. The fourth-order valence-electron chi connectivity index (χ4n) is 4.37. The second kappa shape index (κ2) is 10.3. The molecular weight excluding hydrogens is 332 g/mol. The van der Waals surface area contributed by atoms with Crippen molar-refractivity contribution >= 4 is 5.97 Å². The number of carboxylic acids is 1. The highest BCUT2D eigenvalue weighted by Gasteiger charge is 2.44. The van der Waals surface area contributed by atoms with Gasteiger partial charge in [-0.2, -0.15) is 0 Å². The summed E-state index contributed by atoms with van der Waals surface area (Å²) in [5.74, 6) is -0.704. The Morgan fingerprint density at radius 2 is 1.48 bits per heavy atom. The van der Waals surface area contributed by atoms with Gasteiger partial charge < -0.3 is 5.11 Å². The summed E-state index contributed by atoms with van der Waals surface area (Å²) in [6.07, 6.45) is 5.59. The predicted molar refractivity (Wildman–Crippen MR) is 113 cm³/mol. The van der Waals surface area contributed by atoms with Gasteiger partial charge in [-0.15, -0.1) is 0 Å². The topological polar surface area (TPSA) is 37.3 Å². The minimum absolute atomic E-state index is 0.201. The summed E-state index contributed by atoms with van der Waals surface area (Å²) in [4.78, 5) is 12.4. The average molecular weight is 367 g/mol. The van der Waals surface area contributed by atoms with Crippen LogP contribution in [-0.2, 0) is 17.6 Å². The Morgan fingerprint density at radius 1 is 0.926 bits per heavy atom. The lowest BCUT2D eigenvalue weighted by atomic mass is 9.60. The maximum absolute atomic E-state index is 12.4. The van der Waals surface area contributed by atoms with Crippen LogP contribution in [0.4, 0.5) is 0 Å². The van der Waals surface area contributed by atoms with E-state index in [9.17, 15) is 9.90 Å². The molecule has 2 rings (SSSR count). The molecule has 0 saturated heterocycles. The van der Waals surface area contributed by atoms with Crippen LogP contribution in [0.2, 0.25) is 0 Å². The minimum Gasteiger partial charge on any atom is -0.481 e. The molecule has 0 radical (unpaired) electrons. The Bertz CT molecular complexity index is 678. The molecule has 0 fully saturated rings. The molecule has 0 saturated carbocycles. The third-order valence-electron chi connectivity index (χ3n) is 6.14. The molecule has 2 atom stereocenters. The first-order chi connectivity index (χ1) is 13.0. The van der Waals surface area contributed by atoms with Gasteiger partial charge in [0.25, 0.3) is 0 Å². The van der Waals surface area contributed by atoms with E-state index in [2.05, 4.69) is 57.2 Å². The van der Waals surface area contributed by atoms with E-state index in [-0.39, 0.29) is 11.3 Å². The van der Waals surface area contributed by atoms with E-state index in [0.29, 0.717) is 12.3 Å². The van der Waals surface area contributed by atoms with E-state index in [1.54, 1.807) is 0 Å². The maximum Gasteiger partial charge on any atom is 0.307 e. The molecule has 1 N–H and O–H groups in total. The van der Waals surface area contributed by atoms with Crippen molar-refractivity contribution in [1.29, 1.82) is 0 Å². The zero-order valence-corrected chi connectivity index (χ0v) is 17.0. The van der Waals surface area contributed by atoms with E-state index in [4.69, 9.17) is 0 Å². The smallest absolute Gasteiger partial charge is 0.307 e. The Morgan fingerprint density at radius 3 is 1.96 bits per heavy atom. The van der Waals surface area contributed by atoms with Crippen LogP contribution in [0.25, 0.3) is 0 Å². The van der Waals surface area contributed by atoms with E-state index >= 15 is 0 Å². The molecule has 2 unspecified atom stereocenters. The molecular formula is C25H34O2. The summed E-state index contributed by atoms with van der Waals surface area (Å²) >= 11 is 0. The molecule has 2 aromatic rings. The SMILES string of the molecule is CCCCC(CCc1ccccc1)(C(C)C)C(Cc1ccccc1)C(=O)O. The van der Waals surface area contributed by atoms with Crippen LogP contribution in [0.3, 0.4) is 0 Å². The first-order valence-corrected chi connectivity index (χ1v) is 10.3. The van der Waals surface area contributed by atoms with Gasteiger partial charge in [0.1, 0.15) is 0 Å². The molecule has 2 aromatic carbocycles. The molecule has 0 aliphatic carbocycles. The second-order valence-corrected chi connectivity index (χ2v) is 8.06. The summed E-state index contributed by atoms with van der Waals surface area (Å²) < 4.78 is 0. The molecule has 0 heterocycles. The van der Waals surface area contributed by atoms with Crippen LogP contribution in [0.1, 0.15) is 57.6 Å². The fraction of sp³-hybridized carbons (Fsp3) is 0.480. The van der Waals surface area contributed by atoms with Crippen LogP contribution >= 0.6 is 0 Å². The third-order valence-corrected chi connectivity index (χ3v) is 6.14. The third kappa shape index (κ3) is 5.69. The zero-order valence-electron chi connectivity index (χ0n) is 17.0. The van der Waals surface area contributed by atoms with Gasteiger partial charge in [0.15, 0.2) is 0 Å². The Hall–Kier alpha value is -2.09. The van der Waals surface area contributed by atoms with Crippen molar-refractivity contribution in [3.63, 3.8) is 0 Å². The number of benzene rings is 2. The monoisotopic (exact) mass is 366 g/mol. The molecule has 2 nitrogen and oxygen atoms in total. The van der Waals surface area contributed by atoms with Crippen LogP contribution in [0, 0.1) is 17.3 Å². The summed E-state index contributed by atoms with van der Waals surface area (Å²) in [6.45, 7) is 6.61. The summed E-state index contributed by atoms with van der Waals surface area (Å²) in [5.41, 5.74) is 2.21. The first-order valence-electron chi connectivity index (χ1n) is 10.3. The average Bonchev–Trinajstić information content (AvgIpc) is 2.68. The number of hydrogen-bond acceptors (Lipinski definition) is 1. The van der Waals surface area contributed by atoms with E-state index in [1.165, 1.54) is 5.56 Å². The molecule has 0 spiro atoms. The standard InChI is InChI=1S/C25H34O2/c1-4-5-17-25(20(2)3,18-16-21-12-8-6-9-13-21)23(24(26)27)19-22-14-10-7-11-15-22/h6-15,20,23H,4-5,16-19H2,1-3H3,(H,26,27). The van der Waals surface area contributed by atoms with Crippen LogP contribution in [-0.4, -0.2) is 11.1 Å². The maximum atomic E-state index is 12.4. The van der Waals surface area contributed by atoms with Gasteiger partial charge >= 0.3 is 5.97 Å². The summed E-state index contributed by atoms with van der Waals surface area (Å²) in [5, 5.41) is 10.2. The highest BCUT2D eigenvalue weighted by atomic mass is 16.4. The molecule has 0 aliphatic heterocycles. The van der Waals surface area contributed by atoms with Gasteiger partial charge in [-0.3, -0.25) is 4.79 Å². The molecule has 0 bridgehead atoms. The summed E-state index contributed by atoms with van der Waals surface area (Å²) in [7, 11) is 0. The molecule has 146 valence electrons. The highest BCUT2D eigenvalue weighted by molar-refractivity contribution is 5.71. The van der Waals surface area contributed by atoms with Gasteiger partial charge in [0.05, 0.1) is 5.92 Å². The van der Waals surface area contributed by atoms with Crippen molar-refractivity contribution in [1.82, 2.24) is 0 Å². The van der Waals surface area contributed by atoms with Crippen molar-refractivity contribution in [2.75, 3.05) is 0 Å². The predicted octanol–water partition coefficient (Wildman–Crippen LogP) is 6.40. The number of rotatable bonds is 11. The van der Waals surface area contributed by atoms with E-state index in [1.807, 2.05) is 24.3 Å². The molecule has 2 heteroatoms. The van der Waals surface area contributed by atoms with Crippen LogP contribution < -0.4 is 0 Å². The largest absolute Gasteiger partial charge is 0.481 e. The number of aliphatic carboxylic acids is 1. The number of aryl methyl sites for hydroxylation is 1. The fourth-order valence-corrected chi connectivity index (χ4v) is 4.37. The van der Waals surface area contributed by atoms with Gasteiger partial charge in [0, 0.05) is 0 Å². The van der Waals surface area contributed by atoms with Crippen molar-refractivity contribution in [2.45, 2.75) is 59.3 Å². The second-order valence-electron chi connectivity index (χ2n) is 8.06. The van der Waals surface area contributed by atoms with Crippen LogP contribution in [0.15, 0.2) is 60.7 Å². The Balaban J connectivity index is 2.34. The lowest BCUT2D eigenvalue weighted by molar-refractivity contribution is -0.149. The van der Waals surface area contributed by atoms with Crippen molar-refractivity contribution < 1.29 is 9.90 Å². The number of unbranched alkanes of at least 4 members (excludes halogenated alkanes) is 1. The van der Waals surface area contributed by atoms with E-state index in [0.717, 1.165) is 37.7 Å². The number of carbonyl (C=O) groups is 1. The number of hydrogen-bond donors (Lipinski definition) is 1. The van der Waals surface area contributed by atoms with Crippen LogP contribution in [0.5, 0.6) is 0 Å². The zero-order chi connectivity index (χ0) is 19.7. The Labute approximate surface area is 164 Å². The lowest BCUT2D eigenvalue weighted by Gasteiger charge is -2.43. The Kier molecular flexibility index (Phi) is 8.09. The lowest BCUT2D eigenvalue weighted by Crippen LogP contribution is -2.42. The summed E-state index contributed by atoms with van der Waals surface area (Å²) in [6, 6.07) is 20.6. The molecule has 0 aliphatic rings. The van der Waals surface area contributed by atoms with Gasteiger partial charge in [-0.1, -0.05) is 94.3 Å².